The van der Waals surface area contributed by atoms with Crippen LogP contribution in [0.5, 0.6) is 5.75 Å². The van der Waals surface area contributed by atoms with E-state index in [2.05, 4.69) is 20.7 Å². The van der Waals surface area contributed by atoms with Crippen molar-refractivity contribution in [3.63, 3.8) is 0 Å². The summed E-state index contributed by atoms with van der Waals surface area (Å²) in [5.74, 6) is 1.32. The first-order valence-corrected chi connectivity index (χ1v) is 8.93. The second-order valence-electron chi connectivity index (χ2n) is 6.36. The fraction of sp³-hybridized carbons (Fsp3) is 0.143. The minimum absolute atomic E-state index is 0.268. The minimum Gasteiger partial charge on any atom is -0.488 e. The molecule has 8 nitrogen and oxygen atoms in total. The van der Waals surface area contributed by atoms with Crippen LogP contribution >= 0.6 is 0 Å². The highest BCUT2D eigenvalue weighted by molar-refractivity contribution is 6.06. The number of hydrogen-bond acceptors (Lipinski definition) is 7. The Bertz CT molecular complexity index is 1100. The van der Waals surface area contributed by atoms with E-state index < -0.39 is 0 Å². The Hall–Kier alpha value is -3.94. The summed E-state index contributed by atoms with van der Waals surface area (Å²) >= 11 is 0. The van der Waals surface area contributed by atoms with E-state index >= 15 is 0 Å². The molecule has 0 saturated carbocycles. The van der Waals surface area contributed by atoms with Gasteiger partial charge in [0.05, 0.1) is 16.8 Å². The standard InChI is InChI=1S/C21H18N4O4/c1-13-18(14(2)29-25-13)11-27-19-6-4-3-5-17(19)20(26)23-16-9-7-15(8-10-16)21-24-22-12-28-21/h3-10,12H,11H2,1-2H3,(H,23,26). The van der Waals surface area contributed by atoms with Crippen LogP contribution in [0, 0.1) is 13.8 Å². The number of aryl methyl sites for hydroxylation is 2. The average Bonchev–Trinajstić information content (AvgIpc) is 3.38. The Kier molecular flexibility index (Phi) is 5.07. The zero-order chi connectivity index (χ0) is 20.2. The first-order valence-electron chi connectivity index (χ1n) is 8.93. The van der Waals surface area contributed by atoms with Crippen molar-refractivity contribution in [1.82, 2.24) is 15.4 Å². The number of hydrogen-bond donors (Lipinski definition) is 1. The molecule has 0 aliphatic carbocycles. The lowest BCUT2D eigenvalue weighted by Crippen LogP contribution is -2.13. The summed E-state index contributed by atoms with van der Waals surface area (Å²) in [5, 5.41) is 14.3. The number of anilines is 1. The summed E-state index contributed by atoms with van der Waals surface area (Å²) in [6.45, 7) is 3.95. The molecule has 2 heterocycles. The third-order valence-corrected chi connectivity index (χ3v) is 4.43. The predicted octanol–water partition coefficient (Wildman–Crippen LogP) is 4.17. The molecule has 0 atom stereocenters. The molecule has 8 heteroatoms. The number of ether oxygens (including phenoxy) is 1. The van der Waals surface area contributed by atoms with Crippen LogP contribution < -0.4 is 10.1 Å². The van der Waals surface area contributed by atoms with Gasteiger partial charge in [-0.05, 0) is 50.2 Å². The van der Waals surface area contributed by atoms with Crippen molar-refractivity contribution >= 4 is 11.6 Å². The first-order chi connectivity index (χ1) is 14.1. The van der Waals surface area contributed by atoms with E-state index in [1.807, 2.05) is 19.9 Å². The molecule has 0 saturated heterocycles. The van der Waals surface area contributed by atoms with Gasteiger partial charge in [-0.3, -0.25) is 4.79 Å². The molecule has 146 valence electrons. The second kappa shape index (κ2) is 7.97. The van der Waals surface area contributed by atoms with E-state index in [0.717, 1.165) is 16.8 Å². The van der Waals surface area contributed by atoms with Crippen molar-refractivity contribution in [2.45, 2.75) is 20.5 Å². The third-order valence-electron chi connectivity index (χ3n) is 4.43. The van der Waals surface area contributed by atoms with Crippen molar-refractivity contribution in [2.24, 2.45) is 0 Å². The fourth-order valence-corrected chi connectivity index (χ4v) is 2.83. The lowest BCUT2D eigenvalue weighted by molar-refractivity contribution is 0.102. The van der Waals surface area contributed by atoms with Crippen molar-refractivity contribution in [3.8, 4) is 17.2 Å². The van der Waals surface area contributed by atoms with Gasteiger partial charge >= 0.3 is 0 Å². The zero-order valence-electron chi connectivity index (χ0n) is 15.9. The number of aromatic nitrogens is 3. The Morgan fingerprint density at radius 1 is 1.10 bits per heavy atom. The molecule has 29 heavy (non-hydrogen) atoms. The Morgan fingerprint density at radius 2 is 1.90 bits per heavy atom. The number of para-hydroxylation sites is 1. The summed E-state index contributed by atoms with van der Waals surface area (Å²) < 4.78 is 16.2. The van der Waals surface area contributed by atoms with Gasteiger partial charge in [-0.1, -0.05) is 17.3 Å². The second-order valence-corrected chi connectivity index (χ2v) is 6.36. The van der Waals surface area contributed by atoms with E-state index in [-0.39, 0.29) is 12.5 Å². The maximum Gasteiger partial charge on any atom is 0.259 e. The van der Waals surface area contributed by atoms with Gasteiger partial charge in [-0.15, -0.1) is 10.2 Å². The van der Waals surface area contributed by atoms with Gasteiger partial charge in [0.1, 0.15) is 18.1 Å². The predicted molar refractivity (Wildman–Crippen MR) is 104 cm³/mol. The molecule has 2 aromatic carbocycles. The first kappa shape index (κ1) is 18.4. The lowest BCUT2D eigenvalue weighted by Gasteiger charge is -2.12. The molecule has 0 fully saturated rings. The monoisotopic (exact) mass is 390 g/mol. The highest BCUT2D eigenvalue weighted by atomic mass is 16.5. The van der Waals surface area contributed by atoms with Crippen LogP contribution in [0.1, 0.15) is 27.4 Å². The molecule has 0 spiro atoms. The van der Waals surface area contributed by atoms with Crippen LogP contribution in [-0.4, -0.2) is 21.3 Å². The molecule has 0 bridgehead atoms. The quantitative estimate of drug-likeness (QED) is 0.527. The van der Waals surface area contributed by atoms with Gasteiger partial charge in [0, 0.05) is 11.3 Å². The number of nitrogens with zero attached hydrogens (tertiary/aromatic N) is 3. The van der Waals surface area contributed by atoms with Gasteiger partial charge in [0.25, 0.3) is 5.91 Å². The van der Waals surface area contributed by atoms with Gasteiger partial charge in [0.15, 0.2) is 0 Å². The van der Waals surface area contributed by atoms with E-state index in [1.165, 1.54) is 6.39 Å². The lowest BCUT2D eigenvalue weighted by atomic mass is 10.1. The molecule has 0 radical (unpaired) electrons. The van der Waals surface area contributed by atoms with Crippen LogP contribution in [0.4, 0.5) is 5.69 Å². The number of amides is 1. The van der Waals surface area contributed by atoms with E-state index in [0.29, 0.717) is 28.7 Å². The third kappa shape index (κ3) is 4.01. The minimum atomic E-state index is -0.273. The van der Waals surface area contributed by atoms with Crippen LogP contribution in [0.25, 0.3) is 11.5 Å². The molecule has 0 aliphatic rings. The Labute approximate surface area is 166 Å². The Balaban J connectivity index is 1.47. The number of carbonyl (C=O) groups is 1. The van der Waals surface area contributed by atoms with E-state index in [1.54, 1.807) is 42.5 Å². The van der Waals surface area contributed by atoms with Crippen LogP contribution in [0.3, 0.4) is 0 Å². The van der Waals surface area contributed by atoms with Crippen molar-refractivity contribution in [3.05, 3.63) is 77.5 Å². The normalized spacial score (nSPS) is 10.7. The fourth-order valence-electron chi connectivity index (χ4n) is 2.83. The van der Waals surface area contributed by atoms with Crippen molar-refractivity contribution < 1.29 is 18.5 Å². The van der Waals surface area contributed by atoms with E-state index in [9.17, 15) is 4.79 Å². The number of nitrogens with one attached hydrogen (secondary N) is 1. The van der Waals surface area contributed by atoms with Gasteiger partial charge in [-0.25, -0.2) is 0 Å². The summed E-state index contributed by atoms with van der Waals surface area (Å²) in [5.41, 5.74) is 3.48. The summed E-state index contributed by atoms with van der Waals surface area (Å²) in [6, 6.07) is 14.2. The number of carbonyl (C=O) groups excluding carboxylic acids is 1. The zero-order valence-corrected chi connectivity index (χ0v) is 15.9. The molecular formula is C21H18N4O4. The summed E-state index contributed by atoms with van der Waals surface area (Å²) in [4.78, 5) is 12.8. The summed E-state index contributed by atoms with van der Waals surface area (Å²) in [6.07, 6.45) is 1.27. The van der Waals surface area contributed by atoms with Crippen molar-refractivity contribution in [1.29, 1.82) is 0 Å². The Morgan fingerprint density at radius 3 is 2.59 bits per heavy atom. The maximum absolute atomic E-state index is 12.8. The van der Waals surface area contributed by atoms with Crippen LogP contribution in [-0.2, 0) is 6.61 Å². The molecule has 0 aliphatic heterocycles. The van der Waals surface area contributed by atoms with Crippen molar-refractivity contribution in [2.75, 3.05) is 5.32 Å². The molecule has 1 N–H and O–H groups in total. The molecular weight excluding hydrogens is 372 g/mol. The van der Waals surface area contributed by atoms with Gasteiger partial charge < -0.3 is 19.0 Å². The molecule has 0 unspecified atom stereocenters. The highest BCUT2D eigenvalue weighted by Crippen LogP contribution is 2.24. The average molecular weight is 390 g/mol. The molecule has 1 amide bonds. The maximum atomic E-state index is 12.8. The largest absolute Gasteiger partial charge is 0.488 e. The summed E-state index contributed by atoms with van der Waals surface area (Å²) in [7, 11) is 0. The van der Waals surface area contributed by atoms with Crippen LogP contribution in [0.2, 0.25) is 0 Å². The molecule has 4 aromatic rings. The van der Waals surface area contributed by atoms with Crippen LogP contribution in [0.15, 0.2) is 63.9 Å². The SMILES string of the molecule is Cc1noc(C)c1COc1ccccc1C(=O)Nc1ccc(-c2nnco2)cc1. The number of benzene rings is 2. The topological polar surface area (TPSA) is 103 Å². The molecule has 4 rings (SSSR count). The van der Waals surface area contributed by atoms with Gasteiger partial charge in [-0.2, -0.15) is 0 Å². The molecule has 2 aromatic heterocycles. The van der Waals surface area contributed by atoms with Gasteiger partial charge in [0.2, 0.25) is 12.3 Å². The highest BCUT2D eigenvalue weighted by Gasteiger charge is 2.15. The van der Waals surface area contributed by atoms with E-state index in [4.69, 9.17) is 13.7 Å². The smallest absolute Gasteiger partial charge is 0.259 e. The number of rotatable bonds is 6.